The third kappa shape index (κ3) is 3.79. The molecule has 6 heteroatoms. The van der Waals surface area contributed by atoms with Crippen molar-refractivity contribution in [1.29, 1.82) is 0 Å². The summed E-state index contributed by atoms with van der Waals surface area (Å²) in [6.45, 7) is 1.95. The van der Waals surface area contributed by atoms with Gasteiger partial charge in [0.25, 0.3) is 0 Å². The van der Waals surface area contributed by atoms with Crippen molar-refractivity contribution in [2.45, 2.75) is 6.92 Å². The third-order valence-electron chi connectivity index (χ3n) is 4.32. The zero-order valence-corrected chi connectivity index (χ0v) is 16.2. The molecule has 1 heterocycles. The third-order valence-corrected chi connectivity index (χ3v) is 4.94. The molecule has 0 unspecified atom stereocenters. The molecule has 0 spiro atoms. The van der Waals surface area contributed by atoms with Gasteiger partial charge in [-0.25, -0.2) is 4.98 Å². The van der Waals surface area contributed by atoms with E-state index in [0.29, 0.717) is 10.1 Å². The zero-order chi connectivity index (χ0) is 18.8. The first-order valence-electron chi connectivity index (χ1n) is 8.48. The Labute approximate surface area is 167 Å². The van der Waals surface area contributed by atoms with Gasteiger partial charge in [0, 0.05) is 22.0 Å². The molecule has 1 aromatic heterocycles. The number of fused-ring (bicyclic) bond motifs is 1. The topological polar surface area (TPSA) is 52.7 Å². The van der Waals surface area contributed by atoms with Gasteiger partial charge in [0.15, 0.2) is 5.11 Å². The number of imidazole rings is 1. The highest BCUT2D eigenvalue weighted by atomic mass is 35.5. The first kappa shape index (κ1) is 17.5. The van der Waals surface area contributed by atoms with Gasteiger partial charge in [0.1, 0.15) is 5.82 Å². The standard InChI is InChI=1S/C21H17ClN4S/c1-13-16(22)5-4-8-17(13)26-21(27)23-15-11-9-14(10-12-15)20-24-18-6-2-3-7-19(18)25-20/h2-12H,1H3,(H,24,25)(H2,23,26,27). The second-order valence-electron chi connectivity index (χ2n) is 6.17. The molecular formula is C21H17ClN4S. The first-order valence-corrected chi connectivity index (χ1v) is 9.27. The highest BCUT2D eigenvalue weighted by molar-refractivity contribution is 7.80. The lowest BCUT2D eigenvalue weighted by Crippen LogP contribution is -2.19. The first-order chi connectivity index (χ1) is 13.1. The average molecular weight is 393 g/mol. The van der Waals surface area contributed by atoms with Gasteiger partial charge in [0.05, 0.1) is 11.0 Å². The summed E-state index contributed by atoms with van der Waals surface area (Å²) in [5.74, 6) is 0.845. The van der Waals surface area contributed by atoms with Gasteiger partial charge < -0.3 is 15.6 Å². The van der Waals surface area contributed by atoms with Crippen LogP contribution in [0.1, 0.15) is 5.56 Å². The molecule has 3 N–H and O–H groups in total. The summed E-state index contributed by atoms with van der Waals surface area (Å²) in [5, 5.41) is 7.59. The van der Waals surface area contributed by atoms with Crippen LogP contribution in [0.25, 0.3) is 22.4 Å². The molecule has 4 rings (SSSR count). The van der Waals surface area contributed by atoms with Crippen molar-refractivity contribution < 1.29 is 0 Å². The molecule has 4 nitrogen and oxygen atoms in total. The Morgan fingerprint density at radius 1 is 0.963 bits per heavy atom. The van der Waals surface area contributed by atoms with Crippen molar-refractivity contribution in [3.05, 3.63) is 77.3 Å². The average Bonchev–Trinajstić information content (AvgIpc) is 3.10. The molecule has 3 aromatic carbocycles. The predicted octanol–water partition coefficient (Wildman–Crippen LogP) is 6.00. The van der Waals surface area contributed by atoms with Gasteiger partial charge in [-0.15, -0.1) is 0 Å². The van der Waals surface area contributed by atoms with Gasteiger partial charge in [-0.1, -0.05) is 29.8 Å². The minimum atomic E-state index is 0.511. The quantitative estimate of drug-likeness (QED) is 0.374. The van der Waals surface area contributed by atoms with Crippen LogP contribution >= 0.6 is 23.8 Å². The molecule has 0 saturated heterocycles. The summed E-state index contributed by atoms with van der Waals surface area (Å²) in [6, 6.07) is 21.6. The van der Waals surface area contributed by atoms with E-state index in [2.05, 4.69) is 20.6 Å². The molecular weight excluding hydrogens is 376 g/mol. The SMILES string of the molecule is Cc1c(Cl)cccc1NC(=S)Nc1ccc(-c2nc3ccccc3[nH]2)cc1. The van der Waals surface area contributed by atoms with Crippen LogP contribution in [0.4, 0.5) is 11.4 Å². The second-order valence-corrected chi connectivity index (χ2v) is 6.99. The molecule has 0 amide bonds. The summed E-state index contributed by atoms with van der Waals surface area (Å²) < 4.78 is 0. The largest absolute Gasteiger partial charge is 0.338 e. The van der Waals surface area contributed by atoms with Crippen molar-refractivity contribution in [3.63, 3.8) is 0 Å². The number of nitrogens with one attached hydrogen (secondary N) is 3. The van der Waals surface area contributed by atoms with E-state index < -0.39 is 0 Å². The number of anilines is 2. The van der Waals surface area contributed by atoms with E-state index in [9.17, 15) is 0 Å². The molecule has 0 aliphatic carbocycles. The van der Waals surface area contributed by atoms with Crippen LogP contribution in [0, 0.1) is 6.92 Å². The maximum Gasteiger partial charge on any atom is 0.175 e. The monoisotopic (exact) mass is 392 g/mol. The lowest BCUT2D eigenvalue weighted by Gasteiger charge is -2.13. The van der Waals surface area contributed by atoms with Crippen LogP contribution in [0.15, 0.2) is 66.7 Å². The van der Waals surface area contributed by atoms with Gasteiger partial charge >= 0.3 is 0 Å². The van der Waals surface area contributed by atoms with E-state index in [1.807, 2.05) is 73.7 Å². The van der Waals surface area contributed by atoms with Crippen LogP contribution in [0.3, 0.4) is 0 Å². The van der Waals surface area contributed by atoms with Crippen molar-refractivity contribution in [1.82, 2.24) is 9.97 Å². The number of nitrogens with zero attached hydrogens (tertiary/aromatic N) is 1. The van der Waals surface area contributed by atoms with Crippen molar-refractivity contribution >= 4 is 51.3 Å². The molecule has 4 aromatic rings. The normalized spacial score (nSPS) is 10.7. The maximum absolute atomic E-state index is 6.15. The number of rotatable bonds is 3. The fourth-order valence-electron chi connectivity index (χ4n) is 2.83. The Hall–Kier alpha value is -2.89. The van der Waals surface area contributed by atoms with E-state index in [4.69, 9.17) is 23.8 Å². The van der Waals surface area contributed by atoms with Crippen LogP contribution in [0.5, 0.6) is 0 Å². The number of aromatic amines is 1. The lowest BCUT2D eigenvalue weighted by molar-refractivity contribution is 1.34. The molecule has 0 atom stereocenters. The van der Waals surface area contributed by atoms with Crippen molar-refractivity contribution in [2.75, 3.05) is 10.6 Å². The molecule has 0 radical (unpaired) electrons. The highest BCUT2D eigenvalue weighted by Crippen LogP contribution is 2.24. The van der Waals surface area contributed by atoms with Crippen LogP contribution < -0.4 is 10.6 Å². The summed E-state index contributed by atoms with van der Waals surface area (Å²) >= 11 is 11.6. The van der Waals surface area contributed by atoms with Gasteiger partial charge in [-0.05, 0) is 73.2 Å². The molecule has 27 heavy (non-hydrogen) atoms. The Bertz CT molecular complexity index is 1090. The van der Waals surface area contributed by atoms with Crippen LogP contribution in [-0.2, 0) is 0 Å². The van der Waals surface area contributed by atoms with Crippen LogP contribution in [-0.4, -0.2) is 15.1 Å². The molecule has 0 saturated carbocycles. The smallest absolute Gasteiger partial charge is 0.175 e. The van der Waals surface area contributed by atoms with E-state index in [0.717, 1.165) is 39.4 Å². The Morgan fingerprint density at radius 3 is 2.52 bits per heavy atom. The van der Waals surface area contributed by atoms with Crippen molar-refractivity contribution in [2.24, 2.45) is 0 Å². The van der Waals surface area contributed by atoms with Gasteiger partial charge in [-0.3, -0.25) is 0 Å². The van der Waals surface area contributed by atoms with E-state index in [-0.39, 0.29) is 0 Å². The van der Waals surface area contributed by atoms with Gasteiger partial charge in [-0.2, -0.15) is 0 Å². The molecule has 0 fully saturated rings. The number of H-pyrrole nitrogens is 1. The number of halogens is 1. The number of hydrogen-bond acceptors (Lipinski definition) is 2. The number of aromatic nitrogens is 2. The molecule has 134 valence electrons. The Morgan fingerprint density at radius 2 is 1.74 bits per heavy atom. The minimum Gasteiger partial charge on any atom is -0.338 e. The molecule has 0 aliphatic heterocycles. The van der Waals surface area contributed by atoms with E-state index in [1.54, 1.807) is 0 Å². The van der Waals surface area contributed by atoms with E-state index >= 15 is 0 Å². The number of hydrogen-bond donors (Lipinski definition) is 3. The van der Waals surface area contributed by atoms with Crippen LogP contribution in [0.2, 0.25) is 5.02 Å². The molecule has 0 bridgehead atoms. The highest BCUT2D eigenvalue weighted by Gasteiger charge is 2.07. The Kier molecular flexibility index (Phi) is 4.79. The zero-order valence-electron chi connectivity index (χ0n) is 14.6. The summed E-state index contributed by atoms with van der Waals surface area (Å²) in [4.78, 5) is 7.95. The Balaban J connectivity index is 1.47. The van der Waals surface area contributed by atoms with Crippen molar-refractivity contribution in [3.8, 4) is 11.4 Å². The summed E-state index contributed by atoms with van der Waals surface area (Å²) in [7, 11) is 0. The lowest BCUT2D eigenvalue weighted by atomic mass is 10.2. The van der Waals surface area contributed by atoms with Gasteiger partial charge in [0.2, 0.25) is 0 Å². The number of benzene rings is 3. The summed E-state index contributed by atoms with van der Waals surface area (Å²) in [6.07, 6.45) is 0. The fraction of sp³-hybridized carbons (Fsp3) is 0.0476. The number of thiocarbonyl (C=S) groups is 1. The predicted molar refractivity (Wildman–Crippen MR) is 118 cm³/mol. The minimum absolute atomic E-state index is 0.511. The molecule has 0 aliphatic rings. The second kappa shape index (κ2) is 7.39. The summed E-state index contributed by atoms with van der Waals surface area (Å²) in [5.41, 5.74) is 5.74. The maximum atomic E-state index is 6.15. The van der Waals surface area contributed by atoms with E-state index in [1.165, 1.54) is 0 Å². The number of para-hydroxylation sites is 2. The fourth-order valence-corrected chi connectivity index (χ4v) is 3.23.